The van der Waals surface area contributed by atoms with Gasteiger partial charge in [-0.05, 0) is 44.6 Å². The van der Waals surface area contributed by atoms with Crippen molar-refractivity contribution in [2.75, 3.05) is 0 Å². The summed E-state index contributed by atoms with van der Waals surface area (Å²) in [7, 11) is 0. The molecular formula is C20H29O3-. The molecular weight excluding hydrogens is 288 g/mol. The first-order chi connectivity index (χ1) is 11.2. The summed E-state index contributed by atoms with van der Waals surface area (Å²) in [5.74, 6) is -0.905. The standard InChI is InChI=1S/C20H30O3/c1-2-3-4-5-7-10-13-16-19(21)17-14-11-8-6-9-12-15-18-20(22)23/h6-7,9-11,13-14,16H,2-5,8,12,15,17-18H2,1H3,(H,22,23)/p-1/b9-6-,10-7-,14-11-,16-13+. The molecule has 0 aromatic carbocycles. The van der Waals surface area contributed by atoms with Crippen LogP contribution in [-0.2, 0) is 9.59 Å². The molecule has 0 atom stereocenters. The van der Waals surface area contributed by atoms with Gasteiger partial charge in [0.1, 0.15) is 0 Å². The van der Waals surface area contributed by atoms with Gasteiger partial charge in [0, 0.05) is 12.4 Å². The van der Waals surface area contributed by atoms with Crippen LogP contribution in [-0.4, -0.2) is 11.8 Å². The zero-order valence-electron chi connectivity index (χ0n) is 14.2. The van der Waals surface area contributed by atoms with Crippen molar-refractivity contribution in [3.05, 3.63) is 48.6 Å². The third kappa shape index (κ3) is 18.1. The van der Waals surface area contributed by atoms with Gasteiger partial charge in [0.25, 0.3) is 0 Å². The molecule has 0 fully saturated rings. The van der Waals surface area contributed by atoms with Crippen molar-refractivity contribution >= 4 is 11.8 Å². The zero-order valence-corrected chi connectivity index (χ0v) is 14.2. The fourth-order valence-corrected chi connectivity index (χ4v) is 1.87. The molecule has 0 N–H and O–H groups in total. The van der Waals surface area contributed by atoms with Crippen LogP contribution in [0.1, 0.15) is 64.7 Å². The van der Waals surface area contributed by atoms with Gasteiger partial charge in [-0.3, -0.25) is 4.79 Å². The fourth-order valence-electron chi connectivity index (χ4n) is 1.87. The topological polar surface area (TPSA) is 57.2 Å². The molecule has 0 unspecified atom stereocenters. The summed E-state index contributed by atoms with van der Waals surface area (Å²) >= 11 is 0. The minimum Gasteiger partial charge on any atom is -0.550 e. The highest BCUT2D eigenvalue weighted by Gasteiger charge is 1.90. The summed E-state index contributed by atoms with van der Waals surface area (Å²) in [5.41, 5.74) is 0. The van der Waals surface area contributed by atoms with Crippen LogP contribution in [0.2, 0.25) is 0 Å². The molecule has 0 aliphatic carbocycles. The molecule has 0 aliphatic rings. The van der Waals surface area contributed by atoms with Crippen molar-refractivity contribution in [3.63, 3.8) is 0 Å². The zero-order chi connectivity index (χ0) is 17.2. The van der Waals surface area contributed by atoms with Crippen molar-refractivity contribution in [2.24, 2.45) is 0 Å². The van der Waals surface area contributed by atoms with Gasteiger partial charge in [-0.2, -0.15) is 0 Å². The Hall–Kier alpha value is -1.90. The van der Waals surface area contributed by atoms with Gasteiger partial charge in [-0.1, -0.05) is 62.3 Å². The second-order valence-electron chi connectivity index (χ2n) is 5.40. The number of aliphatic carboxylic acids is 1. The molecule has 0 rings (SSSR count). The Bertz CT molecular complexity index is 428. The first-order valence-corrected chi connectivity index (χ1v) is 8.52. The summed E-state index contributed by atoms with van der Waals surface area (Å²) in [6, 6.07) is 0. The van der Waals surface area contributed by atoms with Crippen LogP contribution >= 0.6 is 0 Å². The average molecular weight is 317 g/mol. The van der Waals surface area contributed by atoms with E-state index in [2.05, 4.69) is 13.0 Å². The molecule has 0 saturated carbocycles. The fraction of sp³-hybridized carbons (Fsp3) is 0.500. The van der Waals surface area contributed by atoms with Crippen LogP contribution in [0.25, 0.3) is 0 Å². The second kappa shape index (κ2) is 16.5. The van der Waals surface area contributed by atoms with E-state index in [0.717, 1.165) is 19.3 Å². The molecule has 3 nitrogen and oxygen atoms in total. The van der Waals surface area contributed by atoms with E-state index >= 15 is 0 Å². The number of carboxylic acid groups (broad SMARTS) is 1. The summed E-state index contributed by atoms with van der Waals surface area (Å²) in [6.07, 6.45) is 22.6. The molecule has 23 heavy (non-hydrogen) atoms. The van der Waals surface area contributed by atoms with E-state index in [-0.39, 0.29) is 12.2 Å². The smallest absolute Gasteiger partial charge is 0.159 e. The third-order valence-electron chi connectivity index (χ3n) is 3.18. The highest BCUT2D eigenvalue weighted by atomic mass is 16.4. The quantitative estimate of drug-likeness (QED) is 0.210. The van der Waals surface area contributed by atoms with Crippen molar-refractivity contribution in [1.29, 1.82) is 0 Å². The summed E-state index contributed by atoms with van der Waals surface area (Å²) in [4.78, 5) is 21.8. The van der Waals surface area contributed by atoms with E-state index in [4.69, 9.17) is 0 Å². The molecule has 0 spiro atoms. The number of carbonyl (C=O) groups is 2. The lowest BCUT2D eigenvalue weighted by atomic mass is 10.2. The Labute approximate surface area is 140 Å². The number of hydrogen-bond acceptors (Lipinski definition) is 3. The van der Waals surface area contributed by atoms with E-state index in [1.165, 1.54) is 19.3 Å². The maximum absolute atomic E-state index is 11.6. The lowest BCUT2D eigenvalue weighted by Gasteiger charge is -1.97. The molecule has 0 aromatic heterocycles. The number of carboxylic acids is 1. The Balaban J connectivity index is 3.64. The van der Waals surface area contributed by atoms with E-state index in [1.54, 1.807) is 12.2 Å². The first kappa shape index (κ1) is 21.1. The van der Waals surface area contributed by atoms with Crippen molar-refractivity contribution in [2.45, 2.75) is 64.7 Å². The maximum atomic E-state index is 11.6. The summed E-state index contributed by atoms with van der Waals surface area (Å²) < 4.78 is 0. The number of unbranched alkanes of at least 4 members (excludes halogenated alkanes) is 4. The predicted molar refractivity (Wildman–Crippen MR) is 93.8 cm³/mol. The first-order valence-electron chi connectivity index (χ1n) is 8.52. The van der Waals surface area contributed by atoms with Crippen LogP contribution < -0.4 is 5.11 Å². The largest absolute Gasteiger partial charge is 0.550 e. The van der Waals surface area contributed by atoms with Gasteiger partial charge in [0.15, 0.2) is 5.78 Å². The number of hydrogen-bond donors (Lipinski definition) is 0. The molecule has 0 aromatic rings. The molecule has 0 bridgehead atoms. The lowest BCUT2D eigenvalue weighted by Crippen LogP contribution is -2.21. The van der Waals surface area contributed by atoms with Crippen LogP contribution in [0.4, 0.5) is 0 Å². The van der Waals surface area contributed by atoms with E-state index in [1.807, 2.05) is 30.4 Å². The number of carbonyl (C=O) groups excluding carboxylic acids is 2. The summed E-state index contributed by atoms with van der Waals surface area (Å²) in [6.45, 7) is 2.18. The van der Waals surface area contributed by atoms with E-state index in [9.17, 15) is 14.7 Å². The van der Waals surface area contributed by atoms with Gasteiger partial charge in [0.2, 0.25) is 0 Å². The number of ketones is 1. The van der Waals surface area contributed by atoms with Gasteiger partial charge in [0.05, 0.1) is 0 Å². The van der Waals surface area contributed by atoms with Crippen LogP contribution in [0.5, 0.6) is 0 Å². The van der Waals surface area contributed by atoms with Crippen molar-refractivity contribution in [1.82, 2.24) is 0 Å². The number of allylic oxidation sites excluding steroid dienone is 8. The summed E-state index contributed by atoms with van der Waals surface area (Å²) in [5, 5.41) is 10.2. The minimum absolute atomic E-state index is 0.0948. The monoisotopic (exact) mass is 317 g/mol. The minimum atomic E-state index is -0.999. The predicted octanol–water partition coefficient (Wildman–Crippen LogP) is 4.06. The third-order valence-corrected chi connectivity index (χ3v) is 3.18. The van der Waals surface area contributed by atoms with Gasteiger partial charge >= 0.3 is 0 Å². The van der Waals surface area contributed by atoms with Gasteiger partial charge < -0.3 is 9.90 Å². The Morgan fingerprint density at radius 1 is 0.870 bits per heavy atom. The van der Waals surface area contributed by atoms with E-state index < -0.39 is 5.97 Å². The van der Waals surface area contributed by atoms with Crippen LogP contribution in [0, 0.1) is 0 Å². The molecule has 3 heteroatoms. The Morgan fingerprint density at radius 3 is 2.35 bits per heavy atom. The van der Waals surface area contributed by atoms with Crippen LogP contribution in [0.3, 0.4) is 0 Å². The van der Waals surface area contributed by atoms with Crippen LogP contribution in [0.15, 0.2) is 48.6 Å². The molecule has 0 aliphatic heterocycles. The second-order valence-corrected chi connectivity index (χ2v) is 5.40. The Kier molecular flexibility index (Phi) is 15.1. The normalized spacial score (nSPS) is 12.2. The highest BCUT2D eigenvalue weighted by Crippen LogP contribution is 2.00. The molecule has 0 heterocycles. The number of rotatable bonds is 14. The van der Waals surface area contributed by atoms with Gasteiger partial charge in [-0.25, -0.2) is 0 Å². The Morgan fingerprint density at radius 2 is 1.61 bits per heavy atom. The van der Waals surface area contributed by atoms with Crippen molar-refractivity contribution in [3.8, 4) is 0 Å². The molecule has 128 valence electrons. The maximum Gasteiger partial charge on any atom is 0.159 e. The van der Waals surface area contributed by atoms with Gasteiger partial charge in [-0.15, -0.1) is 0 Å². The molecule has 0 radical (unpaired) electrons. The SMILES string of the molecule is CCCCC/C=C\C=C\C(=O)C/C=C\C/C=C\CCCC(=O)[O-]. The highest BCUT2D eigenvalue weighted by molar-refractivity contribution is 5.90. The molecule has 0 amide bonds. The van der Waals surface area contributed by atoms with Crippen molar-refractivity contribution < 1.29 is 14.7 Å². The molecule has 0 saturated heterocycles. The average Bonchev–Trinajstić information content (AvgIpc) is 2.52. The lowest BCUT2D eigenvalue weighted by molar-refractivity contribution is -0.305. The van der Waals surface area contributed by atoms with E-state index in [0.29, 0.717) is 12.8 Å².